The highest BCUT2D eigenvalue weighted by Gasteiger charge is 2.14. The van der Waals surface area contributed by atoms with Gasteiger partial charge in [-0.1, -0.05) is 29.3 Å². The maximum atomic E-state index is 13.7. The maximum Gasteiger partial charge on any atom is 0.340 e. The van der Waals surface area contributed by atoms with Crippen molar-refractivity contribution in [3.63, 3.8) is 0 Å². The molecule has 0 atom stereocenters. The third kappa shape index (κ3) is 3.65. The van der Waals surface area contributed by atoms with Gasteiger partial charge in [-0.05, 0) is 30.3 Å². The molecule has 0 heterocycles. The number of halogens is 3. The van der Waals surface area contributed by atoms with Crippen LogP contribution in [-0.4, -0.2) is 13.1 Å². The number of benzene rings is 2. The van der Waals surface area contributed by atoms with Crippen LogP contribution in [0.4, 0.5) is 10.1 Å². The molecule has 0 saturated heterocycles. The summed E-state index contributed by atoms with van der Waals surface area (Å²) in [6.45, 7) is 0.136. The van der Waals surface area contributed by atoms with Gasteiger partial charge >= 0.3 is 5.97 Å². The summed E-state index contributed by atoms with van der Waals surface area (Å²) in [4.78, 5) is 11.7. The molecule has 0 aliphatic heterocycles. The molecular weight excluding hydrogens is 316 g/mol. The Balaban J connectivity index is 2.26. The normalized spacial score (nSPS) is 10.3. The molecule has 1 N–H and O–H groups in total. The molecule has 21 heavy (non-hydrogen) atoms. The Bertz CT molecular complexity index is 656. The molecular formula is C15H12Cl2FNO2. The van der Waals surface area contributed by atoms with E-state index in [9.17, 15) is 9.18 Å². The zero-order chi connectivity index (χ0) is 15.4. The summed E-state index contributed by atoms with van der Waals surface area (Å²) in [6, 6.07) is 9.20. The fourth-order valence-electron chi connectivity index (χ4n) is 1.83. The van der Waals surface area contributed by atoms with E-state index in [4.69, 9.17) is 27.9 Å². The average molecular weight is 328 g/mol. The van der Waals surface area contributed by atoms with Gasteiger partial charge in [0.1, 0.15) is 5.82 Å². The van der Waals surface area contributed by atoms with Crippen molar-refractivity contribution >= 4 is 34.9 Å². The number of anilines is 1. The second kappa shape index (κ2) is 6.78. The summed E-state index contributed by atoms with van der Waals surface area (Å²) in [5.41, 5.74) is 1.09. The molecule has 0 unspecified atom stereocenters. The predicted octanol–water partition coefficient (Wildman–Crippen LogP) is 4.53. The molecule has 6 heteroatoms. The Morgan fingerprint density at radius 2 is 2.05 bits per heavy atom. The van der Waals surface area contributed by atoms with Crippen LogP contribution in [0, 0.1) is 5.82 Å². The van der Waals surface area contributed by atoms with Gasteiger partial charge in [0.25, 0.3) is 0 Å². The van der Waals surface area contributed by atoms with Gasteiger partial charge in [-0.15, -0.1) is 0 Å². The molecule has 2 aromatic carbocycles. The standard InChI is InChI=1S/C15H12Cl2FNO2/c1-21-15(20)10-7-9(16)5-6-14(10)19-8-11-12(17)3-2-4-13(11)18/h2-7,19H,8H2,1H3. The third-order valence-electron chi connectivity index (χ3n) is 2.90. The Morgan fingerprint density at radius 1 is 1.29 bits per heavy atom. The van der Waals surface area contributed by atoms with E-state index < -0.39 is 11.8 Å². The third-order valence-corrected chi connectivity index (χ3v) is 3.49. The van der Waals surface area contributed by atoms with Crippen molar-refractivity contribution in [3.05, 3.63) is 63.4 Å². The second-order valence-corrected chi connectivity index (χ2v) is 5.08. The Kier molecular flexibility index (Phi) is 5.04. The molecule has 0 spiro atoms. The molecule has 3 nitrogen and oxygen atoms in total. The highest BCUT2D eigenvalue weighted by atomic mass is 35.5. The fraction of sp³-hybridized carbons (Fsp3) is 0.133. The van der Waals surface area contributed by atoms with Gasteiger partial charge in [0.2, 0.25) is 0 Å². The first kappa shape index (κ1) is 15.6. The van der Waals surface area contributed by atoms with Gasteiger partial charge in [0.15, 0.2) is 0 Å². The fourth-order valence-corrected chi connectivity index (χ4v) is 2.24. The molecule has 2 rings (SSSR count). The van der Waals surface area contributed by atoms with Gasteiger partial charge in [-0.3, -0.25) is 0 Å². The van der Waals surface area contributed by atoms with Gasteiger partial charge in [-0.25, -0.2) is 9.18 Å². The molecule has 0 amide bonds. The Labute approximate surface area is 131 Å². The van der Waals surface area contributed by atoms with E-state index in [1.807, 2.05) is 0 Å². The molecule has 110 valence electrons. The minimum absolute atomic E-state index is 0.136. The number of carbonyl (C=O) groups is 1. The van der Waals surface area contributed by atoms with Crippen LogP contribution in [0.5, 0.6) is 0 Å². The summed E-state index contributed by atoms with van der Waals surface area (Å²) in [5, 5.41) is 3.69. The van der Waals surface area contributed by atoms with E-state index in [-0.39, 0.29) is 12.1 Å². The topological polar surface area (TPSA) is 38.3 Å². The Morgan fingerprint density at radius 3 is 2.71 bits per heavy atom. The lowest BCUT2D eigenvalue weighted by Gasteiger charge is -2.12. The first-order valence-electron chi connectivity index (χ1n) is 6.07. The molecule has 2 aromatic rings. The molecule has 0 saturated carbocycles. The molecule has 0 aliphatic carbocycles. The lowest BCUT2D eigenvalue weighted by molar-refractivity contribution is 0.0602. The second-order valence-electron chi connectivity index (χ2n) is 4.24. The number of hydrogen-bond acceptors (Lipinski definition) is 3. The largest absolute Gasteiger partial charge is 0.465 e. The summed E-state index contributed by atoms with van der Waals surface area (Å²) in [7, 11) is 1.28. The first-order valence-corrected chi connectivity index (χ1v) is 6.83. The van der Waals surface area contributed by atoms with Crippen LogP contribution in [0.1, 0.15) is 15.9 Å². The van der Waals surface area contributed by atoms with Crippen molar-refractivity contribution in [2.75, 3.05) is 12.4 Å². The molecule has 0 aliphatic rings. The maximum absolute atomic E-state index is 13.7. The molecule has 0 fully saturated rings. The number of nitrogens with one attached hydrogen (secondary N) is 1. The van der Waals surface area contributed by atoms with Crippen LogP contribution in [0.25, 0.3) is 0 Å². The van der Waals surface area contributed by atoms with Crippen molar-refractivity contribution in [2.24, 2.45) is 0 Å². The number of carbonyl (C=O) groups excluding carboxylic acids is 1. The van der Waals surface area contributed by atoms with Crippen molar-refractivity contribution < 1.29 is 13.9 Å². The zero-order valence-corrected chi connectivity index (χ0v) is 12.6. The number of hydrogen-bond donors (Lipinski definition) is 1. The van der Waals surface area contributed by atoms with E-state index in [0.717, 1.165) is 0 Å². The highest BCUT2D eigenvalue weighted by Crippen LogP contribution is 2.24. The van der Waals surface area contributed by atoms with Crippen LogP contribution < -0.4 is 5.32 Å². The van der Waals surface area contributed by atoms with E-state index in [1.165, 1.54) is 25.3 Å². The van der Waals surface area contributed by atoms with Gasteiger partial charge in [0.05, 0.1) is 12.7 Å². The minimum Gasteiger partial charge on any atom is -0.465 e. The number of ether oxygens (including phenoxy) is 1. The van der Waals surface area contributed by atoms with Gasteiger partial charge in [0, 0.05) is 27.8 Å². The summed E-state index contributed by atoms with van der Waals surface area (Å²) in [6.07, 6.45) is 0. The van der Waals surface area contributed by atoms with Crippen LogP contribution in [-0.2, 0) is 11.3 Å². The number of esters is 1. The quantitative estimate of drug-likeness (QED) is 0.838. The first-order chi connectivity index (χ1) is 10.0. The summed E-state index contributed by atoms with van der Waals surface area (Å²) in [5.74, 6) is -0.941. The zero-order valence-electron chi connectivity index (χ0n) is 11.1. The molecule has 0 radical (unpaired) electrons. The number of rotatable bonds is 4. The minimum atomic E-state index is -0.528. The van der Waals surface area contributed by atoms with Crippen LogP contribution in [0.15, 0.2) is 36.4 Å². The lowest BCUT2D eigenvalue weighted by Crippen LogP contribution is -2.09. The smallest absolute Gasteiger partial charge is 0.340 e. The monoisotopic (exact) mass is 327 g/mol. The lowest BCUT2D eigenvalue weighted by atomic mass is 10.1. The van der Waals surface area contributed by atoms with Crippen molar-refractivity contribution in [1.29, 1.82) is 0 Å². The van der Waals surface area contributed by atoms with Crippen molar-refractivity contribution in [1.82, 2.24) is 0 Å². The average Bonchev–Trinajstić information content (AvgIpc) is 2.47. The van der Waals surface area contributed by atoms with Crippen LogP contribution in [0.3, 0.4) is 0 Å². The van der Waals surface area contributed by atoms with Crippen LogP contribution >= 0.6 is 23.2 Å². The van der Waals surface area contributed by atoms with Gasteiger partial charge in [-0.2, -0.15) is 0 Å². The van der Waals surface area contributed by atoms with E-state index in [1.54, 1.807) is 18.2 Å². The SMILES string of the molecule is COC(=O)c1cc(Cl)ccc1NCc1c(F)cccc1Cl. The summed E-state index contributed by atoms with van der Waals surface area (Å²) >= 11 is 11.8. The highest BCUT2D eigenvalue weighted by molar-refractivity contribution is 6.31. The van der Waals surface area contributed by atoms with Crippen molar-refractivity contribution in [2.45, 2.75) is 6.54 Å². The van der Waals surface area contributed by atoms with E-state index >= 15 is 0 Å². The number of methoxy groups -OCH3 is 1. The molecule has 0 bridgehead atoms. The Hall–Kier alpha value is -1.78. The van der Waals surface area contributed by atoms with Crippen molar-refractivity contribution in [3.8, 4) is 0 Å². The van der Waals surface area contributed by atoms with Crippen LogP contribution in [0.2, 0.25) is 10.0 Å². The summed E-state index contributed by atoms with van der Waals surface area (Å²) < 4.78 is 18.4. The van der Waals surface area contributed by atoms with E-state index in [0.29, 0.717) is 21.3 Å². The predicted molar refractivity (Wildman–Crippen MR) is 81.5 cm³/mol. The molecule has 0 aromatic heterocycles. The van der Waals surface area contributed by atoms with Gasteiger partial charge < -0.3 is 10.1 Å². The van der Waals surface area contributed by atoms with E-state index in [2.05, 4.69) is 5.32 Å².